The van der Waals surface area contributed by atoms with E-state index in [1.54, 1.807) is 0 Å². The van der Waals surface area contributed by atoms with Crippen molar-refractivity contribution in [3.8, 4) is 0 Å². The van der Waals surface area contributed by atoms with Gasteiger partial charge in [0.2, 0.25) is 0 Å². The number of esters is 2. The van der Waals surface area contributed by atoms with Crippen LogP contribution in [0, 0.1) is 0 Å². The van der Waals surface area contributed by atoms with E-state index in [9.17, 15) is 29.4 Å². The topological polar surface area (TPSA) is 133 Å². The number of carboxylic acids is 2. The van der Waals surface area contributed by atoms with Gasteiger partial charge in [-0.1, -0.05) is 168 Å². The van der Waals surface area contributed by atoms with Gasteiger partial charge in [0.25, 0.3) is 0 Å². The summed E-state index contributed by atoms with van der Waals surface area (Å²) >= 11 is 0. The molecule has 0 N–H and O–H groups in total. The Kier molecular flexibility index (Phi) is 58.9. The molecule has 0 atom stereocenters. The quantitative estimate of drug-likeness (QED) is 0.0402. The molecule has 0 amide bonds. The van der Waals surface area contributed by atoms with Crippen molar-refractivity contribution >= 4 is 23.9 Å². The van der Waals surface area contributed by atoms with E-state index in [1.807, 2.05) is 12.2 Å². The molecule has 0 spiro atoms. The third-order valence-corrected chi connectivity index (χ3v) is 8.61. The first kappa shape index (κ1) is 59.3. The molecule has 0 bridgehead atoms. The largest absolute Gasteiger partial charge is 1.00 e. The summed E-state index contributed by atoms with van der Waals surface area (Å²) in [5.41, 5.74) is 0. The second-order valence-corrected chi connectivity index (χ2v) is 13.5. The molecule has 10 heteroatoms. The van der Waals surface area contributed by atoms with Crippen LogP contribution in [0.1, 0.15) is 219 Å². The summed E-state index contributed by atoms with van der Waals surface area (Å²) in [5.74, 6) is -3.50. The summed E-state index contributed by atoms with van der Waals surface area (Å²) in [7, 11) is 0. The predicted molar refractivity (Wildman–Crippen MR) is 200 cm³/mol. The maximum absolute atomic E-state index is 11.1. The first-order valence-corrected chi connectivity index (χ1v) is 20.4. The summed E-state index contributed by atoms with van der Waals surface area (Å²) < 4.78 is 9.59. The summed E-state index contributed by atoms with van der Waals surface area (Å²) in [6, 6.07) is 0. The third kappa shape index (κ3) is 57.4. The zero-order valence-electron chi connectivity index (χ0n) is 34.2. The molecule has 0 aromatic carbocycles. The molecule has 0 unspecified atom stereocenters. The Bertz CT molecular complexity index is 780. The average molecular weight is 785 g/mol. The van der Waals surface area contributed by atoms with Gasteiger partial charge in [0.05, 0.1) is 25.4 Å². The van der Waals surface area contributed by atoms with Crippen LogP contribution in [0.5, 0.6) is 0 Å². The van der Waals surface area contributed by atoms with Crippen molar-refractivity contribution in [2.24, 2.45) is 0 Å². The van der Waals surface area contributed by atoms with Crippen LogP contribution in [0.25, 0.3) is 0 Å². The van der Waals surface area contributed by atoms with Gasteiger partial charge in [-0.05, 0) is 50.7 Å². The van der Waals surface area contributed by atoms with Crippen molar-refractivity contribution in [3.63, 3.8) is 0 Å². The number of carbonyl (C=O) groups is 4. The molecule has 0 aromatic heterocycles. The molecular weight excluding hydrogens is 711 g/mol. The third-order valence-electron chi connectivity index (χ3n) is 8.61. The van der Waals surface area contributed by atoms with Crippen LogP contribution in [0.3, 0.4) is 0 Å². The number of unbranched alkanes of at least 4 members (excludes halogenated alkanes) is 26. The first-order chi connectivity index (χ1) is 24.3. The minimum atomic E-state index is -1.23. The molecule has 0 saturated carbocycles. The number of hydrogen-bond donors (Lipinski definition) is 0. The van der Waals surface area contributed by atoms with Crippen LogP contribution in [0.2, 0.25) is 0 Å². The molecule has 0 aliphatic heterocycles. The number of carboxylic acid groups (broad SMARTS) is 2. The Labute approximate surface area is 404 Å². The van der Waals surface area contributed by atoms with Crippen LogP contribution in [0.15, 0.2) is 24.7 Å². The Hall–Kier alpha value is 0.633. The number of aliphatic carboxylic acids is 2. The standard InChI is InChI=1S/2C21H38O4.2K/c2*1-2-3-4-5-6-7-8-9-10-11-12-13-14-15-16-19-25-21(24)18-17-20(22)23;;/h2*16,19H,2-15,17-18H2,1H3,(H,22,23);;/q;;2*+1/p-2. The van der Waals surface area contributed by atoms with Crippen molar-refractivity contribution < 1.29 is 142 Å². The van der Waals surface area contributed by atoms with Crippen LogP contribution in [0.4, 0.5) is 0 Å². The molecule has 52 heavy (non-hydrogen) atoms. The van der Waals surface area contributed by atoms with E-state index in [0.29, 0.717) is 0 Å². The van der Waals surface area contributed by atoms with Gasteiger partial charge in [-0.2, -0.15) is 0 Å². The van der Waals surface area contributed by atoms with Gasteiger partial charge in [-0.25, -0.2) is 0 Å². The Morgan fingerprint density at radius 3 is 0.846 bits per heavy atom. The Balaban J connectivity index is -0.000000427. The van der Waals surface area contributed by atoms with Gasteiger partial charge in [-0.3, -0.25) is 9.59 Å². The molecule has 0 heterocycles. The van der Waals surface area contributed by atoms with Crippen molar-refractivity contribution in [2.45, 2.75) is 219 Å². The van der Waals surface area contributed by atoms with E-state index in [0.717, 1.165) is 25.7 Å². The number of ether oxygens (including phenoxy) is 2. The fourth-order valence-corrected chi connectivity index (χ4v) is 5.47. The molecule has 0 aliphatic carbocycles. The molecular formula is C42H74K2O8. The zero-order valence-corrected chi connectivity index (χ0v) is 40.4. The van der Waals surface area contributed by atoms with E-state index in [2.05, 4.69) is 13.8 Å². The maximum Gasteiger partial charge on any atom is 1.00 e. The molecule has 0 rings (SSSR count). The van der Waals surface area contributed by atoms with Crippen LogP contribution in [-0.4, -0.2) is 23.9 Å². The number of allylic oxidation sites excluding steroid dienone is 2. The minimum absolute atomic E-state index is 0. The summed E-state index contributed by atoms with van der Waals surface area (Å²) in [6.07, 6.45) is 42.0. The Morgan fingerprint density at radius 2 is 0.615 bits per heavy atom. The van der Waals surface area contributed by atoms with Gasteiger partial charge in [-0.15, -0.1) is 0 Å². The fraction of sp³-hybridized carbons (Fsp3) is 0.810. The van der Waals surface area contributed by atoms with Crippen molar-refractivity contribution in [1.82, 2.24) is 0 Å². The van der Waals surface area contributed by atoms with E-state index in [1.165, 1.54) is 167 Å². The molecule has 292 valence electrons. The minimum Gasteiger partial charge on any atom is -0.550 e. The van der Waals surface area contributed by atoms with Gasteiger partial charge in [0, 0.05) is 11.9 Å². The van der Waals surface area contributed by atoms with Crippen LogP contribution < -0.4 is 113 Å². The average Bonchev–Trinajstić information content (AvgIpc) is 3.09. The summed E-state index contributed by atoms with van der Waals surface area (Å²) in [5, 5.41) is 20.4. The van der Waals surface area contributed by atoms with Crippen molar-refractivity contribution in [3.05, 3.63) is 24.7 Å². The summed E-state index contributed by atoms with van der Waals surface area (Å²) in [6.45, 7) is 4.52. The summed E-state index contributed by atoms with van der Waals surface area (Å²) in [4.78, 5) is 42.6. The van der Waals surface area contributed by atoms with Crippen molar-refractivity contribution in [1.29, 1.82) is 0 Å². The molecule has 0 aromatic rings. The van der Waals surface area contributed by atoms with Crippen molar-refractivity contribution in [2.75, 3.05) is 0 Å². The van der Waals surface area contributed by atoms with E-state index < -0.39 is 23.9 Å². The molecule has 0 saturated heterocycles. The maximum atomic E-state index is 11.1. The first-order valence-electron chi connectivity index (χ1n) is 20.4. The SMILES string of the molecule is CCCCCCCCCCCCCCCC=COC(=O)CCC(=O)[O-].CCCCCCCCCCCCCCCC=COC(=O)CCC(=O)[O-].[K+].[K+]. The number of rotatable bonds is 36. The molecule has 0 fully saturated rings. The number of carbonyl (C=O) groups excluding carboxylic acids is 4. The smallest absolute Gasteiger partial charge is 0.550 e. The van der Waals surface area contributed by atoms with Gasteiger partial charge < -0.3 is 29.3 Å². The van der Waals surface area contributed by atoms with Gasteiger partial charge in [0.1, 0.15) is 0 Å². The Morgan fingerprint density at radius 1 is 0.385 bits per heavy atom. The zero-order chi connectivity index (χ0) is 37.2. The van der Waals surface area contributed by atoms with E-state index in [4.69, 9.17) is 9.47 Å². The van der Waals surface area contributed by atoms with E-state index >= 15 is 0 Å². The molecule has 0 radical (unpaired) electrons. The monoisotopic (exact) mass is 784 g/mol. The second-order valence-electron chi connectivity index (χ2n) is 13.5. The predicted octanol–water partition coefficient (Wildman–Crippen LogP) is 4.12. The van der Waals surface area contributed by atoms with Gasteiger partial charge in [0.15, 0.2) is 0 Å². The van der Waals surface area contributed by atoms with E-state index in [-0.39, 0.29) is 128 Å². The fourth-order valence-electron chi connectivity index (χ4n) is 5.47. The second kappa shape index (κ2) is 51.6. The van der Waals surface area contributed by atoms with Crippen LogP contribution >= 0.6 is 0 Å². The number of hydrogen-bond acceptors (Lipinski definition) is 8. The van der Waals surface area contributed by atoms with Gasteiger partial charge >= 0.3 is 115 Å². The molecule has 8 nitrogen and oxygen atoms in total. The normalized spacial score (nSPS) is 10.7. The van der Waals surface area contributed by atoms with Crippen LogP contribution in [-0.2, 0) is 28.7 Å². The molecule has 0 aliphatic rings.